The van der Waals surface area contributed by atoms with E-state index in [2.05, 4.69) is 13.8 Å². The van der Waals surface area contributed by atoms with E-state index in [1.54, 1.807) is 0 Å². The molecule has 0 aromatic carbocycles. The van der Waals surface area contributed by atoms with Crippen molar-refractivity contribution in [1.29, 1.82) is 0 Å². The lowest BCUT2D eigenvalue weighted by atomic mass is 9.40. The first kappa shape index (κ1) is 13.3. The van der Waals surface area contributed by atoms with Gasteiger partial charge in [0.2, 0.25) is 0 Å². The second-order valence-corrected chi connectivity index (χ2v) is 8.04. The van der Waals surface area contributed by atoms with E-state index in [9.17, 15) is 13.6 Å². The van der Waals surface area contributed by atoms with Crippen molar-refractivity contribution in [3.8, 4) is 0 Å². The van der Waals surface area contributed by atoms with Crippen LogP contribution < -0.4 is 0 Å². The zero-order chi connectivity index (χ0) is 13.9. The molecule has 4 heteroatoms. The van der Waals surface area contributed by atoms with Gasteiger partial charge in [-0.25, -0.2) is 4.79 Å². The van der Waals surface area contributed by atoms with Crippen molar-refractivity contribution in [3.63, 3.8) is 0 Å². The molecule has 4 rings (SSSR count). The van der Waals surface area contributed by atoms with Gasteiger partial charge in [0.25, 0.3) is 0 Å². The van der Waals surface area contributed by atoms with E-state index in [-0.39, 0.29) is 12.0 Å². The van der Waals surface area contributed by atoms with Crippen LogP contribution in [0.5, 0.6) is 0 Å². The summed E-state index contributed by atoms with van der Waals surface area (Å²) in [6.07, 6.45) is 3.86. The normalized spacial score (nSPS) is 47.7. The zero-order valence-electron chi connectivity index (χ0n) is 11.7. The van der Waals surface area contributed by atoms with Crippen LogP contribution in [0.25, 0.3) is 0 Å². The quantitative estimate of drug-likeness (QED) is 0.731. The smallest absolute Gasteiger partial charge is 0.373 e. The molecule has 0 radical (unpaired) electrons. The van der Waals surface area contributed by atoms with Gasteiger partial charge in [-0.1, -0.05) is 13.8 Å². The second-order valence-electron chi connectivity index (χ2n) is 8.04. The van der Waals surface area contributed by atoms with E-state index in [1.807, 2.05) is 0 Å². The van der Waals surface area contributed by atoms with Crippen molar-refractivity contribution in [2.45, 2.75) is 58.8 Å². The third-order valence-corrected chi connectivity index (χ3v) is 5.44. The summed E-state index contributed by atoms with van der Waals surface area (Å²) in [4.78, 5) is 11.0. The number of hydrogen-bond donors (Lipinski definition) is 0. The van der Waals surface area contributed by atoms with Crippen LogP contribution in [0.4, 0.5) is 8.78 Å². The van der Waals surface area contributed by atoms with Crippen LogP contribution in [0.2, 0.25) is 0 Å². The minimum Gasteiger partial charge on any atom is -0.461 e. The summed E-state index contributed by atoms with van der Waals surface area (Å²) in [6, 6.07) is 0. The highest BCUT2D eigenvalue weighted by Crippen LogP contribution is 2.69. The highest BCUT2D eigenvalue weighted by atomic mass is 19.3. The minimum absolute atomic E-state index is 0.0343. The number of esters is 1. The summed E-state index contributed by atoms with van der Waals surface area (Å²) in [5.74, 6) is -0.664. The van der Waals surface area contributed by atoms with Gasteiger partial charge in [0, 0.05) is 5.41 Å². The molecule has 2 atom stereocenters. The van der Waals surface area contributed by atoms with Gasteiger partial charge in [0.05, 0.1) is 6.61 Å². The first-order valence-corrected chi connectivity index (χ1v) is 7.18. The maximum atomic E-state index is 12.3. The van der Waals surface area contributed by atoms with Crippen LogP contribution in [0.3, 0.4) is 0 Å². The lowest BCUT2D eigenvalue weighted by molar-refractivity contribution is -0.184. The Kier molecular flexibility index (Phi) is 2.75. The largest absolute Gasteiger partial charge is 0.461 e. The second kappa shape index (κ2) is 3.92. The van der Waals surface area contributed by atoms with Crippen LogP contribution >= 0.6 is 0 Å². The molecule has 0 aromatic heterocycles. The molecular weight excluding hydrogens is 250 g/mol. The first-order chi connectivity index (χ1) is 8.73. The van der Waals surface area contributed by atoms with Crippen molar-refractivity contribution in [3.05, 3.63) is 0 Å². The van der Waals surface area contributed by atoms with Gasteiger partial charge in [0.15, 0.2) is 0 Å². The number of alkyl halides is 2. The maximum Gasteiger partial charge on any atom is 0.373 e. The Hall–Kier alpha value is -0.670. The molecule has 2 nitrogen and oxygen atoms in total. The van der Waals surface area contributed by atoms with Crippen molar-refractivity contribution in [2.24, 2.45) is 22.2 Å². The fourth-order valence-electron chi connectivity index (χ4n) is 6.13. The molecule has 4 aliphatic carbocycles. The van der Waals surface area contributed by atoms with E-state index in [0.717, 1.165) is 19.3 Å². The zero-order valence-corrected chi connectivity index (χ0v) is 11.7. The maximum absolute atomic E-state index is 12.3. The van der Waals surface area contributed by atoms with Gasteiger partial charge in [-0.05, 0) is 55.3 Å². The van der Waals surface area contributed by atoms with Crippen molar-refractivity contribution in [1.82, 2.24) is 0 Å². The van der Waals surface area contributed by atoms with E-state index >= 15 is 0 Å². The summed E-state index contributed by atoms with van der Waals surface area (Å²) >= 11 is 0. The van der Waals surface area contributed by atoms with Crippen molar-refractivity contribution < 1.29 is 18.3 Å². The molecule has 19 heavy (non-hydrogen) atoms. The van der Waals surface area contributed by atoms with Gasteiger partial charge < -0.3 is 4.74 Å². The van der Waals surface area contributed by atoms with E-state index in [4.69, 9.17) is 4.74 Å². The number of ether oxygens (including phenoxy) is 1. The lowest BCUT2D eigenvalue weighted by Gasteiger charge is -2.65. The summed E-state index contributed by atoms with van der Waals surface area (Å²) < 4.78 is 29.4. The Balaban J connectivity index is 1.75. The average molecular weight is 272 g/mol. The van der Waals surface area contributed by atoms with E-state index < -0.39 is 12.4 Å². The van der Waals surface area contributed by atoms with Crippen LogP contribution in [-0.2, 0) is 9.53 Å². The number of carbonyl (C=O) groups excluding carboxylic acids is 1. The average Bonchev–Trinajstić information content (AvgIpc) is 2.20. The highest BCUT2D eigenvalue weighted by Gasteiger charge is 2.60. The summed E-state index contributed by atoms with van der Waals surface area (Å²) in [7, 11) is 0. The lowest BCUT2D eigenvalue weighted by Crippen LogP contribution is -2.56. The predicted molar refractivity (Wildman–Crippen MR) is 66.8 cm³/mol. The third-order valence-electron chi connectivity index (χ3n) is 5.44. The predicted octanol–water partition coefficient (Wildman–Crippen LogP) is 3.79. The molecule has 0 amide bonds. The number of hydrogen-bond acceptors (Lipinski definition) is 2. The van der Waals surface area contributed by atoms with Crippen molar-refractivity contribution >= 4 is 5.97 Å². The fraction of sp³-hybridized carbons (Fsp3) is 0.933. The van der Waals surface area contributed by atoms with Gasteiger partial charge in [-0.15, -0.1) is 0 Å². The molecular formula is C15H22F2O2. The third kappa shape index (κ3) is 2.27. The van der Waals surface area contributed by atoms with Crippen LogP contribution in [-0.4, -0.2) is 19.0 Å². The van der Waals surface area contributed by atoms with Crippen molar-refractivity contribution in [2.75, 3.05) is 6.61 Å². The van der Waals surface area contributed by atoms with E-state index in [1.165, 1.54) is 19.3 Å². The van der Waals surface area contributed by atoms with Crippen LogP contribution in [0.1, 0.15) is 52.4 Å². The van der Waals surface area contributed by atoms with Gasteiger partial charge in [-0.3, -0.25) is 0 Å². The monoisotopic (exact) mass is 272 g/mol. The molecule has 0 N–H and O–H groups in total. The molecule has 0 heterocycles. The summed E-state index contributed by atoms with van der Waals surface area (Å²) in [5, 5.41) is 0. The standard InChI is InChI=1S/C15H22F2O2/c1-13-3-10-4-14(2,6-13)8-15(5-10,7-13)9-19-12(18)11(16)17/h10-11H,3-9H2,1-2H3. The molecule has 4 bridgehead atoms. The Morgan fingerprint density at radius 2 is 1.74 bits per heavy atom. The molecule has 0 aromatic rings. The molecule has 0 spiro atoms. The SMILES string of the molecule is CC12CC3CC(C)(C1)CC(COC(=O)C(F)F)(C3)C2. The Bertz CT molecular complexity index is 389. The van der Waals surface area contributed by atoms with Crippen LogP contribution in [0.15, 0.2) is 0 Å². The first-order valence-electron chi connectivity index (χ1n) is 7.18. The van der Waals surface area contributed by atoms with Gasteiger partial charge in [-0.2, -0.15) is 8.78 Å². The highest BCUT2D eigenvalue weighted by molar-refractivity contribution is 5.72. The number of rotatable bonds is 3. The molecule has 0 saturated heterocycles. The Labute approximate surface area is 112 Å². The number of carbonyl (C=O) groups is 1. The van der Waals surface area contributed by atoms with Crippen LogP contribution in [0, 0.1) is 22.2 Å². The Morgan fingerprint density at radius 1 is 1.16 bits per heavy atom. The topological polar surface area (TPSA) is 26.3 Å². The van der Waals surface area contributed by atoms with Gasteiger partial charge in [0.1, 0.15) is 0 Å². The minimum atomic E-state index is -3.00. The Morgan fingerprint density at radius 3 is 2.21 bits per heavy atom. The molecule has 4 aliphatic rings. The molecule has 108 valence electrons. The summed E-state index contributed by atoms with van der Waals surface area (Å²) in [6.45, 7) is 4.83. The number of halogens is 2. The molecule has 2 unspecified atom stereocenters. The van der Waals surface area contributed by atoms with Gasteiger partial charge >= 0.3 is 12.4 Å². The molecule has 4 saturated carbocycles. The molecule has 0 aliphatic heterocycles. The molecule has 4 fully saturated rings. The summed E-state index contributed by atoms with van der Waals surface area (Å²) in [5.41, 5.74) is 0.615. The fourth-order valence-corrected chi connectivity index (χ4v) is 6.13. The van der Waals surface area contributed by atoms with E-state index in [0.29, 0.717) is 16.7 Å².